The van der Waals surface area contributed by atoms with E-state index in [4.69, 9.17) is 14.2 Å². The van der Waals surface area contributed by atoms with Crippen molar-refractivity contribution < 1.29 is 49.3 Å². The summed E-state index contributed by atoms with van der Waals surface area (Å²) in [6.07, 6.45) is 73.8. The zero-order chi connectivity index (χ0) is 63.0. The van der Waals surface area contributed by atoms with Crippen molar-refractivity contribution in [3.05, 3.63) is 24.3 Å². The number of hydrogen-bond acceptors (Lipinski definition) is 10. The van der Waals surface area contributed by atoms with Gasteiger partial charge in [0.2, 0.25) is 5.91 Å². The van der Waals surface area contributed by atoms with Gasteiger partial charge in [0.15, 0.2) is 6.29 Å². The molecule has 1 fully saturated rings. The highest BCUT2D eigenvalue weighted by atomic mass is 16.7. The third kappa shape index (κ3) is 54.4. The topological polar surface area (TPSA) is 175 Å². The molecule has 0 radical (unpaired) electrons. The minimum Gasteiger partial charge on any atom is -0.466 e. The van der Waals surface area contributed by atoms with E-state index in [2.05, 4.69) is 31.3 Å². The van der Waals surface area contributed by atoms with Gasteiger partial charge in [-0.25, -0.2) is 0 Å². The van der Waals surface area contributed by atoms with Crippen molar-refractivity contribution in [1.29, 1.82) is 0 Å². The Morgan fingerprint density at radius 1 is 0.414 bits per heavy atom. The Morgan fingerprint density at radius 3 is 1.14 bits per heavy atom. The van der Waals surface area contributed by atoms with Gasteiger partial charge in [0, 0.05) is 12.8 Å². The molecular weight excluding hydrogens is 1090 g/mol. The highest BCUT2D eigenvalue weighted by molar-refractivity contribution is 5.76. The van der Waals surface area contributed by atoms with Crippen LogP contribution < -0.4 is 5.32 Å². The molecule has 1 aliphatic rings. The molecule has 1 rings (SSSR count). The molecule has 0 aromatic carbocycles. The first kappa shape index (κ1) is 83.2. The molecule has 0 aliphatic carbocycles. The van der Waals surface area contributed by atoms with Gasteiger partial charge < -0.3 is 45.1 Å². The predicted octanol–water partition coefficient (Wildman–Crippen LogP) is 20.0. The lowest BCUT2D eigenvalue weighted by Crippen LogP contribution is -2.60. The summed E-state index contributed by atoms with van der Waals surface area (Å²) in [5.41, 5.74) is 0. The second-order valence-electron chi connectivity index (χ2n) is 26.7. The van der Waals surface area contributed by atoms with Gasteiger partial charge in [-0.15, -0.1) is 0 Å². The lowest BCUT2D eigenvalue weighted by atomic mass is 9.99. The molecule has 11 heteroatoms. The van der Waals surface area contributed by atoms with Crippen LogP contribution in [0.15, 0.2) is 24.3 Å². The molecule has 0 aromatic rings. The molecule has 1 heterocycles. The van der Waals surface area contributed by atoms with Crippen LogP contribution in [0.5, 0.6) is 0 Å². The number of aliphatic hydroxyl groups is 5. The first-order valence-corrected chi connectivity index (χ1v) is 38.1. The van der Waals surface area contributed by atoms with Crippen molar-refractivity contribution >= 4 is 11.9 Å². The Morgan fingerprint density at radius 2 is 0.747 bits per heavy atom. The molecule has 0 bridgehead atoms. The first-order valence-electron chi connectivity index (χ1n) is 38.1. The maximum absolute atomic E-state index is 13.0. The third-order valence-corrected chi connectivity index (χ3v) is 18.3. The number of carbonyl (C=O) groups is 2. The number of carbonyl (C=O) groups excluding carboxylic acids is 2. The third-order valence-electron chi connectivity index (χ3n) is 18.3. The Labute approximate surface area is 537 Å². The number of esters is 1. The van der Waals surface area contributed by atoms with E-state index in [-0.39, 0.29) is 18.5 Å². The van der Waals surface area contributed by atoms with Gasteiger partial charge in [0.05, 0.1) is 32.0 Å². The number of nitrogens with one attached hydrogen (secondary N) is 1. The van der Waals surface area contributed by atoms with Gasteiger partial charge in [0.1, 0.15) is 24.4 Å². The summed E-state index contributed by atoms with van der Waals surface area (Å²) in [6, 6.07) is -0.821. The molecule has 1 saturated heterocycles. The van der Waals surface area contributed by atoms with Gasteiger partial charge in [-0.3, -0.25) is 9.59 Å². The zero-order valence-electron chi connectivity index (χ0n) is 57.3. The summed E-state index contributed by atoms with van der Waals surface area (Å²) in [7, 11) is 0. The number of allylic oxidation sites excluding steroid dienone is 3. The normalized spacial score (nSPS) is 17.9. The standard InChI is InChI=1S/C76H145NO10/c1-3-5-7-9-11-13-43-48-52-56-60-64-72(81)85-65-61-57-53-49-45-42-40-38-36-34-32-30-28-26-24-22-20-18-16-14-15-17-19-21-23-25-27-29-31-33-35-37-39-41-44-47-51-55-59-63-71(80)77-68(69(79)62-58-54-50-46-12-10-8-6-4-2)67-86-76-75(84)74(83)73(82)70(66-78)87-76/h12,46,58,62,68-70,73-76,78-79,82-84H,3-11,13-45,47-57,59-61,63-67H2,1-2H3,(H,77,80)/b46-12+,62-58+. The molecule has 6 N–H and O–H groups in total. The van der Waals surface area contributed by atoms with Crippen LogP contribution in [0.3, 0.4) is 0 Å². The van der Waals surface area contributed by atoms with Crippen LogP contribution in [0.1, 0.15) is 386 Å². The van der Waals surface area contributed by atoms with E-state index in [0.717, 1.165) is 51.4 Å². The van der Waals surface area contributed by atoms with Crippen LogP contribution in [0.4, 0.5) is 0 Å². The van der Waals surface area contributed by atoms with E-state index in [1.165, 1.54) is 308 Å². The van der Waals surface area contributed by atoms with Crippen molar-refractivity contribution in [2.24, 2.45) is 0 Å². The number of rotatable bonds is 68. The summed E-state index contributed by atoms with van der Waals surface area (Å²) in [6.45, 7) is 4.32. The van der Waals surface area contributed by atoms with E-state index < -0.39 is 49.5 Å². The fraction of sp³-hybridized carbons (Fsp3) is 0.921. The molecule has 7 unspecified atom stereocenters. The van der Waals surface area contributed by atoms with Crippen molar-refractivity contribution in [3.63, 3.8) is 0 Å². The monoisotopic (exact) mass is 1230 g/mol. The SMILES string of the molecule is CCCCC/C=C/CC/C=C/C(O)C(COC1OC(CO)C(O)C(O)C1O)NC(=O)CCCCCCCCCCCCCCCCCCCCCCCCCCCCCCCCCCCCCCCCCOC(=O)CCCCCCCCCCCCC. The lowest BCUT2D eigenvalue weighted by Gasteiger charge is -2.40. The van der Waals surface area contributed by atoms with Crippen LogP contribution in [0, 0.1) is 0 Å². The van der Waals surface area contributed by atoms with Crippen LogP contribution in [-0.4, -0.2) is 100 Å². The van der Waals surface area contributed by atoms with Gasteiger partial charge >= 0.3 is 5.97 Å². The highest BCUT2D eigenvalue weighted by Gasteiger charge is 2.44. The van der Waals surface area contributed by atoms with E-state index in [1.54, 1.807) is 6.08 Å². The number of hydrogen-bond donors (Lipinski definition) is 6. The van der Waals surface area contributed by atoms with Gasteiger partial charge in [-0.1, -0.05) is 353 Å². The average Bonchev–Trinajstić information content (AvgIpc) is 2.97. The highest BCUT2D eigenvalue weighted by Crippen LogP contribution is 2.24. The van der Waals surface area contributed by atoms with Crippen LogP contribution in [0.25, 0.3) is 0 Å². The van der Waals surface area contributed by atoms with Crippen LogP contribution >= 0.6 is 0 Å². The predicted molar refractivity (Wildman–Crippen MR) is 366 cm³/mol. The van der Waals surface area contributed by atoms with Crippen LogP contribution in [0.2, 0.25) is 0 Å². The smallest absolute Gasteiger partial charge is 0.305 e. The Kier molecular flexibility index (Phi) is 62.7. The first-order chi connectivity index (χ1) is 42.7. The maximum Gasteiger partial charge on any atom is 0.305 e. The molecular formula is C76H145NO10. The van der Waals surface area contributed by atoms with Gasteiger partial charge in [0.25, 0.3) is 0 Å². The molecule has 11 nitrogen and oxygen atoms in total. The van der Waals surface area contributed by atoms with Crippen molar-refractivity contribution in [2.45, 2.75) is 429 Å². The van der Waals surface area contributed by atoms with Crippen molar-refractivity contribution in [1.82, 2.24) is 5.32 Å². The minimum absolute atomic E-state index is 0.0185. The second-order valence-corrected chi connectivity index (χ2v) is 26.7. The fourth-order valence-electron chi connectivity index (χ4n) is 12.3. The molecule has 0 saturated carbocycles. The fourth-order valence-corrected chi connectivity index (χ4v) is 12.3. The molecule has 0 aromatic heterocycles. The molecule has 1 aliphatic heterocycles. The summed E-state index contributed by atoms with van der Waals surface area (Å²) < 4.78 is 16.7. The summed E-state index contributed by atoms with van der Waals surface area (Å²) in [5.74, 6) is -0.168. The van der Waals surface area contributed by atoms with Crippen molar-refractivity contribution in [3.8, 4) is 0 Å². The van der Waals surface area contributed by atoms with E-state index in [9.17, 15) is 35.1 Å². The molecule has 1 amide bonds. The van der Waals surface area contributed by atoms with Gasteiger partial charge in [-0.2, -0.15) is 0 Å². The molecule has 87 heavy (non-hydrogen) atoms. The Balaban J connectivity index is 1.85. The van der Waals surface area contributed by atoms with E-state index >= 15 is 0 Å². The molecule has 0 spiro atoms. The minimum atomic E-state index is -1.57. The maximum atomic E-state index is 13.0. The zero-order valence-corrected chi connectivity index (χ0v) is 57.3. The largest absolute Gasteiger partial charge is 0.466 e. The average molecular weight is 1230 g/mol. The Hall–Kier alpha value is -1.86. The second kappa shape index (κ2) is 65.6. The summed E-state index contributed by atoms with van der Waals surface area (Å²) in [4.78, 5) is 25.0. The number of unbranched alkanes of at least 4 members (excludes halogenated alkanes) is 52. The Bertz CT molecular complexity index is 1490. The summed E-state index contributed by atoms with van der Waals surface area (Å²) in [5, 5.41) is 54.3. The quantitative estimate of drug-likeness (QED) is 0.0195. The lowest BCUT2D eigenvalue weighted by molar-refractivity contribution is -0.302. The number of amides is 1. The van der Waals surface area contributed by atoms with E-state index in [0.29, 0.717) is 19.4 Å². The van der Waals surface area contributed by atoms with Crippen LogP contribution in [-0.2, 0) is 23.8 Å². The van der Waals surface area contributed by atoms with Crippen molar-refractivity contribution in [2.75, 3.05) is 19.8 Å². The van der Waals surface area contributed by atoms with E-state index in [1.807, 2.05) is 6.08 Å². The number of aliphatic hydroxyl groups excluding tert-OH is 5. The molecule has 514 valence electrons. The number of ether oxygens (including phenoxy) is 3. The molecule has 7 atom stereocenters. The van der Waals surface area contributed by atoms with Gasteiger partial charge in [-0.05, 0) is 44.9 Å². The summed E-state index contributed by atoms with van der Waals surface area (Å²) >= 11 is 0.